The fourth-order valence-electron chi connectivity index (χ4n) is 3.18. The summed E-state index contributed by atoms with van der Waals surface area (Å²) in [6.07, 6.45) is 4.44. The number of hydrogen-bond acceptors (Lipinski definition) is 3. The van der Waals surface area contributed by atoms with Crippen molar-refractivity contribution in [1.29, 1.82) is 0 Å². The molecule has 0 radical (unpaired) electrons. The van der Waals surface area contributed by atoms with Gasteiger partial charge >= 0.3 is 0 Å². The molecule has 1 aromatic carbocycles. The number of anilines is 1. The summed E-state index contributed by atoms with van der Waals surface area (Å²) in [6.45, 7) is 2.27. The Hall–Kier alpha value is -2.79. The number of aromatic amines is 1. The first-order valence-electron chi connectivity index (χ1n) is 8.58. The Morgan fingerprint density at radius 1 is 1.23 bits per heavy atom. The molecule has 6 heteroatoms. The van der Waals surface area contributed by atoms with Gasteiger partial charge in [-0.05, 0) is 35.2 Å². The van der Waals surface area contributed by atoms with Crippen LogP contribution < -0.4 is 10.2 Å². The van der Waals surface area contributed by atoms with Crippen molar-refractivity contribution in [2.45, 2.75) is 19.5 Å². The first kappa shape index (κ1) is 16.7. The summed E-state index contributed by atoms with van der Waals surface area (Å²) in [5.41, 5.74) is 4.19. The molecule has 3 aromatic rings. The quantitative estimate of drug-likeness (QED) is 0.742. The lowest BCUT2D eigenvalue weighted by Gasteiger charge is -2.29. The minimum atomic E-state index is -0.186. The number of carbonyl (C=O) groups is 1. The Balaban J connectivity index is 1.37. The SMILES string of the molecule is O=C(NCc1ccc(N2CCc3ccccc3C2)nc1)c1cc(Cl)c[nH]1. The van der Waals surface area contributed by atoms with Crippen LogP contribution in [0, 0.1) is 0 Å². The van der Waals surface area contributed by atoms with E-state index in [1.54, 1.807) is 12.3 Å². The van der Waals surface area contributed by atoms with Gasteiger partial charge in [-0.2, -0.15) is 0 Å². The maximum Gasteiger partial charge on any atom is 0.268 e. The van der Waals surface area contributed by atoms with Crippen LogP contribution in [0.1, 0.15) is 27.2 Å². The molecular formula is C20H19ClN4O. The fraction of sp³-hybridized carbons (Fsp3) is 0.200. The van der Waals surface area contributed by atoms with Gasteiger partial charge in [0.05, 0.1) is 5.02 Å². The van der Waals surface area contributed by atoms with E-state index in [9.17, 15) is 4.79 Å². The molecule has 0 fully saturated rings. The number of fused-ring (bicyclic) bond motifs is 1. The number of halogens is 1. The lowest BCUT2D eigenvalue weighted by molar-refractivity contribution is 0.0946. The van der Waals surface area contributed by atoms with Gasteiger partial charge in [-0.1, -0.05) is 41.9 Å². The first-order valence-corrected chi connectivity index (χ1v) is 8.95. The Bertz CT molecular complexity index is 920. The third kappa shape index (κ3) is 3.58. The molecule has 0 atom stereocenters. The number of rotatable bonds is 4. The highest BCUT2D eigenvalue weighted by atomic mass is 35.5. The summed E-state index contributed by atoms with van der Waals surface area (Å²) in [6, 6.07) is 14.2. The number of carbonyl (C=O) groups excluding carboxylic acids is 1. The molecule has 2 N–H and O–H groups in total. The average molecular weight is 367 g/mol. The molecule has 1 aliphatic rings. The summed E-state index contributed by atoms with van der Waals surface area (Å²) in [5.74, 6) is 0.777. The van der Waals surface area contributed by atoms with E-state index in [2.05, 4.69) is 44.5 Å². The molecule has 0 spiro atoms. The Morgan fingerprint density at radius 2 is 2.08 bits per heavy atom. The monoisotopic (exact) mass is 366 g/mol. The lowest BCUT2D eigenvalue weighted by atomic mass is 10.00. The third-order valence-electron chi connectivity index (χ3n) is 4.61. The molecule has 1 aliphatic heterocycles. The molecule has 0 saturated carbocycles. The van der Waals surface area contributed by atoms with E-state index >= 15 is 0 Å². The molecule has 2 aromatic heterocycles. The molecule has 0 unspecified atom stereocenters. The highest BCUT2D eigenvalue weighted by Gasteiger charge is 2.16. The van der Waals surface area contributed by atoms with Crippen LogP contribution >= 0.6 is 11.6 Å². The first-order chi connectivity index (χ1) is 12.7. The number of benzene rings is 1. The molecule has 4 rings (SSSR count). The van der Waals surface area contributed by atoms with Gasteiger partial charge in [0.1, 0.15) is 11.5 Å². The van der Waals surface area contributed by atoms with Crippen LogP contribution in [0.3, 0.4) is 0 Å². The van der Waals surface area contributed by atoms with Crippen molar-refractivity contribution in [2.75, 3.05) is 11.4 Å². The predicted molar refractivity (Wildman–Crippen MR) is 102 cm³/mol. The Labute approximate surface area is 157 Å². The molecule has 0 saturated heterocycles. The number of amides is 1. The topological polar surface area (TPSA) is 61.0 Å². The second kappa shape index (κ2) is 7.22. The van der Waals surface area contributed by atoms with Crippen LogP contribution in [0.2, 0.25) is 5.02 Å². The number of pyridine rings is 1. The number of aromatic nitrogens is 2. The van der Waals surface area contributed by atoms with Crippen LogP contribution in [-0.2, 0) is 19.5 Å². The van der Waals surface area contributed by atoms with Crippen LogP contribution in [0.25, 0.3) is 0 Å². The van der Waals surface area contributed by atoms with Gasteiger partial charge in [-0.25, -0.2) is 4.98 Å². The van der Waals surface area contributed by atoms with E-state index < -0.39 is 0 Å². The molecule has 132 valence electrons. The van der Waals surface area contributed by atoms with Crippen LogP contribution in [0.4, 0.5) is 5.82 Å². The number of H-pyrrole nitrogens is 1. The second-order valence-electron chi connectivity index (χ2n) is 6.38. The van der Waals surface area contributed by atoms with Crippen molar-refractivity contribution < 1.29 is 4.79 Å². The van der Waals surface area contributed by atoms with Crippen LogP contribution in [0.5, 0.6) is 0 Å². The van der Waals surface area contributed by atoms with Crippen LogP contribution in [-0.4, -0.2) is 22.4 Å². The smallest absolute Gasteiger partial charge is 0.268 e. The third-order valence-corrected chi connectivity index (χ3v) is 4.83. The van der Waals surface area contributed by atoms with Crippen molar-refractivity contribution in [3.8, 4) is 0 Å². The van der Waals surface area contributed by atoms with Gasteiger partial charge in [-0.15, -0.1) is 0 Å². The lowest BCUT2D eigenvalue weighted by Crippen LogP contribution is -2.31. The minimum absolute atomic E-state index is 0.186. The van der Waals surface area contributed by atoms with E-state index in [1.165, 1.54) is 11.1 Å². The Morgan fingerprint density at radius 3 is 2.81 bits per heavy atom. The van der Waals surface area contributed by atoms with Gasteiger partial charge in [0.2, 0.25) is 0 Å². The summed E-state index contributed by atoms with van der Waals surface area (Å²) in [7, 11) is 0. The van der Waals surface area contributed by atoms with Crippen molar-refractivity contribution >= 4 is 23.3 Å². The van der Waals surface area contributed by atoms with Gasteiger partial charge in [0.15, 0.2) is 0 Å². The zero-order chi connectivity index (χ0) is 17.9. The zero-order valence-corrected chi connectivity index (χ0v) is 15.0. The van der Waals surface area contributed by atoms with E-state index in [0.717, 1.165) is 30.9 Å². The molecule has 0 bridgehead atoms. The average Bonchev–Trinajstić information content (AvgIpc) is 3.12. The maximum absolute atomic E-state index is 12.0. The molecular weight excluding hydrogens is 348 g/mol. The van der Waals surface area contributed by atoms with E-state index in [0.29, 0.717) is 17.3 Å². The molecule has 5 nitrogen and oxygen atoms in total. The number of nitrogens with one attached hydrogen (secondary N) is 2. The van der Waals surface area contributed by atoms with Gasteiger partial charge in [0.25, 0.3) is 5.91 Å². The fourth-order valence-corrected chi connectivity index (χ4v) is 3.34. The Kier molecular flexibility index (Phi) is 4.63. The summed E-state index contributed by atoms with van der Waals surface area (Å²) >= 11 is 5.82. The van der Waals surface area contributed by atoms with Gasteiger partial charge in [-0.3, -0.25) is 4.79 Å². The normalized spacial score (nSPS) is 13.3. The minimum Gasteiger partial charge on any atom is -0.356 e. The molecule has 0 aliphatic carbocycles. The van der Waals surface area contributed by atoms with Crippen molar-refractivity contribution in [3.63, 3.8) is 0 Å². The summed E-state index contributed by atoms with van der Waals surface area (Å²) in [5, 5.41) is 3.38. The van der Waals surface area contributed by atoms with Crippen molar-refractivity contribution in [3.05, 3.63) is 82.3 Å². The molecule has 1 amide bonds. The zero-order valence-electron chi connectivity index (χ0n) is 14.2. The highest BCUT2D eigenvalue weighted by molar-refractivity contribution is 6.30. The van der Waals surface area contributed by atoms with Crippen LogP contribution in [0.15, 0.2) is 54.9 Å². The van der Waals surface area contributed by atoms with Crippen molar-refractivity contribution in [1.82, 2.24) is 15.3 Å². The molecule has 3 heterocycles. The molecule has 26 heavy (non-hydrogen) atoms. The highest BCUT2D eigenvalue weighted by Crippen LogP contribution is 2.23. The van der Waals surface area contributed by atoms with E-state index in [4.69, 9.17) is 11.6 Å². The number of nitrogens with zero attached hydrogens (tertiary/aromatic N) is 2. The van der Waals surface area contributed by atoms with E-state index in [1.807, 2.05) is 18.3 Å². The van der Waals surface area contributed by atoms with E-state index in [-0.39, 0.29) is 5.91 Å². The number of hydrogen-bond donors (Lipinski definition) is 2. The summed E-state index contributed by atoms with van der Waals surface area (Å²) in [4.78, 5) is 21.7. The van der Waals surface area contributed by atoms with Crippen molar-refractivity contribution in [2.24, 2.45) is 0 Å². The second-order valence-corrected chi connectivity index (χ2v) is 6.82. The van der Waals surface area contributed by atoms with Gasteiger partial charge in [0, 0.05) is 32.0 Å². The summed E-state index contributed by atoms with van der Waals surface area (Å²) < 4.78 is 0. The predicted octanol–water partition coefficient (Wildman–Crippen LogP) is 3.56. The van der Waals surface area contributed by atoms with Gasteiger partial charge < -0.3 is 15.2 Å². The standard InChI is InChI=1S/C20H19ClN4O/c21-17-9-18(22-12-17)20(26)24-11-14-5-6-19(23-10-14)25-8-7-15-3-1-2-4-16(15)13-25/h1-6,9-10,12,22H,7-8,11,13H2,(H,24,26). The largest absolute Gasteiger partial charge is 0.356 e. The maximum atomic E-state index is 12.0.